The van der Waals surface area contributed by atoms with Gasteiger partial charge in [0.2, 0.25) is 0 Å². The lowest BCUT2D eigenvalue weighted by Gasteiger charge is -2.11. The van der Waals surface area contributed by atoms with E-state index < -0.39 is 6.10 Å². The summed E-state index contributed by atoms with van der Waals surface area (Å²) in [7, 11) is 0. The Morgan fingerprint density at radius 2 is 1.64 bits per heavy atom. The Kier molecular flexibility index (Phi) is 4.08. The molecule has 25 heavy (non-hydrogen) atoms. The minimum Gasteiger partial charge on any atom is -0.507 e. The maximum Gasteiger partial charge on any atom is 0.132 e. The highest BCUT2D eigenvalue weighted by molar-refractivity contribution is 5.88. The molecule has 124 valence electrons. The third-order valence-electron chi connectivity index (χ3n) is 4.69. The summed E-state index contributed by atoms with van der Waals surface area (Å²) in [6.07, 6.45) is 1.76. The first-order chi connectivity index (χ1) is 12.2. The molecule has 2 N–H and O–H groups in total. The van der Waals surface area contributed by atoms with E-state index in [-0.39, 0.29) is 11.8 Å². The zero-order valence-electron chi connectivity index (χ0n) is 13.7. The number of aliphatic imine (C=N–C) groups is 1. The molecule has 3 aromatic carbocycles. The average Bonchev–Trinajstić information content (AvgIpc) is 2.97. The molecule has 0 radical (unpaired) electrons. The fourth-order valence-electron chi connectivity index (χ4n) is 3.41. The van der Waals surface area contributed by atoms with E-state index in [9.17, 15) is 10.2 Å². The van der Waals surface area contributed by atoms with Crippen LogP contribution >= 0.6 is 0 Å². The van der Waals surface area contributed by atoms with E-state index in [1.165, 1.54) is 0 Å². The second kappa shape index (κ2) is 6.54. The number of aromatic hydroxyl groups is 1. The topological polar surface area (TPSA) is 52.8 Å². The Bertz CT molecular complexity index is 918. The quantitative estimate of drug-likeness (QED) is 0.710. The third kappa shape index (κ3) is 2.94. The number of fused-ring (bicyclic) bond motifs is 1. The van der Waals surface area contributed by atoms with Gasteiger partial charge in [0.1, 0.15) is 11.8 Å². The summed E-state index contributed by atoms with van der Waals surface area (Å²) >= 11 is 0. The molecule has 0 aromatic heterocycles. The van der Waals surface area contributed by atoms with E-state index in [0.717, 1.165) is 22.3 Å². The molecule has 4 rings (SSSR count). The minimum absolute atomic E-state index is 0.207. The second-order valence-electron chi connectivity index (χ2n) is 6.30. The fraction of sp³-hybridized carbons (Fsp3) is 0.136. The fourth-order valence-corrected chi connectivity index (χ4v) is 3.41. The molecule has 1 aliphatic rings. The molecule has 2 atom stereocenters. The first kappa shape index (κ1) is 15.6. The number of hydrogen-bond donors (Lipinski definition) is 2. The van der Waals surface area contributed by atoms with E-state index in [1.807, 2.05) is 72.8 Å². The van der Waals surface area contributed by atoms with Crippen LogP contribution in [0.5, 0.6) is 5.75 Å². The highest BCUT2D eigenvalue weighted by Gasteiger charge is 2.29. The number of nitrogens with zero attached hydrogens (tertiary/aromatic N) is 1. The maximum atomic E-state index is 10.6. The van der Waals surface area contributed by atoms with Crippen LogP contribution in [0.25, 0.3) is 11.1 Å². The number of rotatable bonds is 3. The molecular weight excluding hydrogens is 310 g/mol. The first-order valence-corrected chi connectivity index (χ1v) is 8.40. The molecule has 0 spiro atoms. The van der Waals surface area contributed by atoms with Gasteiger partial charge < -0.3 is 10.2 Å². The Labute approximate surface area is 146 Å². The summed E-state index contributed by atoms with van der Waals surface area (Å²) in [5.41, 5.74) is 4.58. The van der Waals surface area contributed by atoms with Crippen LogP contribution in [-0.4, -0.2) is 22.5 Å². The van der Waals surface area contributed by atoms with Crippen molar-refractivity contribution in [3.05, 3.63) is 89.5 Å². The highest BCUT2D eigenvalue weighted by Crippen LogP contribution is 2.35. The monoisotopic (exact) mass is 329 g/mol. The summed E-state index contributed by atoms with van der Waals surface area (Å²) in [5.74, 6) is 0.207. The number of para-hydroxylation sites is 1. The van der Waals surface area contributed by atoms with Crippen molar-refractivity contribution in [2.75, 3.05) is 0 Å². The lowest BCUT2D eigenvalue weighted by molar-refractivity contribution is 0.159. The van der Waals surface area contributed by atoms with Gasteiger partial charge >= 0.3 is 0 Å². The Morgan fingerprint density at radius 3 is 2.48 bits per heavy atom. The van der Waals surface area contributed by atoms with Crippen LogP contribution in [0.3, 0.4) is 0 Å². The van der Waals surface area contributed by atoms with Gasteiger partial charge in [-0.3, -0.25) is 4.99 Å². The van der Waals surface area contributed by atoms with Gasteiger partial charge in [0.15, 0.2) is 0 Å². The van der Waals surface area contributed by atoms with Gasteiger partial charge in [-0.15, -0.1) is 0 Å². The standard InChI is InChI=1S/C22H19NO2/c24-20-13-16-9-4-5-11-18(16)21(20)23-14-17-10-6-12-19(22(17)25)15-7-2-1-3-8-15/h1-12,14,20-21,24-25H,13H2/t20-,21+/m0/s1. The smallest absolute Gasteiger partial charge is 0.132 e. The number of aliphatic hydroxyl groups is 1. The van der Waals surface area contributed by atoms with Gasteiger partial charge in [-0.1, -0.05) is 66.7 Å². The summed E-state index contributed by atoms with van der Waals surface area (Å²) in [5, 5.41) is 20.9. The van der Waals surface area contributed by atoms with E-state index in [4.69, 9.17) is 0 Å². The van der Waals surface area contributed by atoms with Crippen molar-refractivity contribution in [3.8, 4) is 16.9 Å². The van der Waals surface area contributed by atoms with Gasteiger partial charge in [-0.25, -0.2) is 0 Å². The van der Waals surface area contributed by atoms with E-state index >= 15 is 0 Å². The molecule has 0 unspecified atom stereocenters. The summed E-state index contributed by atoms with van der Waals surface area (Å²) in [4.78, 5) is 4.58. The normalized spacial score (nSPS) is 19.2. The highest BCUT2D eigenvalue weighted by atomic mass is 16.3. The van der Waals surface area contributed by atoms with Crippen molar-refractivity contribution in [2.24, 2.45) is 4.99 Å². The van der Waals surface area contributed by atoms with Crippen LogP contribution in [0.15, 0.2) is 77.8 Å². The predicted octanol–water partition coefficient (Wildman–Crippen LogP) is 4.14. The molecular formula is C22H19NO2. The third-order valence-corrected chi connectivity index (χ3v) is 4.69. The molecule has 3 aromatic rings. The molecule has 3 nitrogen and oxygen atoms in total. The van der Waals surface area contributed by atoms with Crippen LogP contribution in [0, 0.1) is 0 Å². The zero-order chi connectivity index (χ0) is 17.2. The molecule has 3 heteroatoms. The summed E-state index contributed by atoms with van der Waals surface area (Å²) < 4.78 is 0. The minimum atomic E-state index is -0.520. The second-order valence-corrected chi connectivity index (χ2v) is 6.30. The average molecular weight is 329 g/mol. The van der Waals surface area contributed by atoms with Crippen LogP contribution in [0.1, 0.15) is 22.7 Å². The first-order valence-electron chi connectivity index (χ1n) is 8.40. The van der Waals surface area contributed by atoms with Gasteiger partial charge in [-0.2, -0.15) is 0 Å². The lowest BCUT2D eigenvalue weighted by Crippen LogP contribution is -2.11. The van der Waals surface area contributed by atoms with Crippen molar-refractivity contribution in [2.45, 2.75) is 18.6 Å². The van der Waals surface area contributed by atoms with E-state index in [2.05, 4.69) is 4.99 Å². The number of aliphatic hydroxyl groups excluding tert-OH is 1. The van der Waals surface area contributed by atoms with E-state index in [1.54, 1.807) is 6.21 Å². The molecule has 0 heterocycles. The Morgan fingerprint density at radius 1 is 0.880 bits per heavy atom. The van der Waals surface area contributed by atoms with E-state index in [0.29, 0.717) is 12.0 Å². The molecule has 1 aliphatic carbocycles. The van der Waals surface area contributed by atoms with Gasteiger partial charge in [-0.05, 0) is 22.8 Å². The SMILES string of the molecule is Oc1c(C=N[C@@H]2c3ccccc3C[C@@H]2O)cccc1-c1ccccc1. The predicted molar refractivity (Wildman–Crippen MR) is 100 cm³/mol. The van der Waals surface area contributed by atoms with Crippen molar-refractivity contribution < 1.29 is 10.2 Å². The van der Waals surface area contributed by atoms with Gasteiger partial charge in [0.25, 0.3) is 0 Å². The van der Waals surface area contributed by atoms with Crippen LogP contribution in [0.4, 0.5) is 0 Å². The van der Waals surface area contributed by atoms with Gasteiger partial charge in [0.05, 0.1) is 6.10 Å². The molecule has 0 bridgehead atoms. The summed E-state index contributed by atoms with van der Waals surface area (Å²) in [6.45, 7) is 0. The number of phenols is 1. The van der Waals surface area contributed by atoms with Crippen molar-refractivity contribution in [1.29, 1.82) is 0 Å². The van der Waals surface area contributed by atoms with Crippen molar-refractivity contribution in [1.82, 2.24) is 0 Å². The summed E-state index contributed by atoms with van der Waals surface area (Å²) in [6, 6.07) is 23.1. The van der Waals surface area contributed by atoms with Crippen LogP contribution < -0.4 is 0 Å². The van der Waals surface area contributed by atoms with Crippen molar-refractivity contribution >= 4 is 6.21 Å². The zero-order valence-corrected chi connectivity index (χ0v) is 13.7. The lowest BCUT2D eigenvalue weighted by atomic mass is 10.0. The molecule has 0 aliphatic heterocycles. The number of hydrogen-bond acceptors (Lipinski definition) is 3. The maximum absolute atomic E-state index is 10.6. The Hall–Kier alpha value is -2.91. The largest absolute Gasteiger partial charge is 0.507 e. The molecule has 0 fully saturated rings. The van der Waals surface area contributed by atoms with Crippen LogP contribution in [-0.2, 0) is 6.42 Å². The molecule has 0 saturated heterocycles. The Balaban J connectivity index is 1.67. The molecule has 0 saturated carbocycles. The number of benzene rings is 3. The van der Waals surface area contributed by atoms with Crippen LogP contribution in [0.2, 0.25) is 0 Å². The number of phenolic OH excluding ortho intramolecular Hbond substituents is 1. The molecule has 0 amide bonds. The van der Waals surface area contributed by atoms with Gasteiger partial charge in [0, 0.05) is 23.8 Å². The van der Waals surface area contributed by atoms with Crippen molar-refractivity contribution in [3.63, 3.8) is 0 Å².